The Morgan fingerprint density at radius 2 is 2.56 bits per heavy atom. The van der Waals surface area contributed by atoms with Crippen molar-refractivity contribution in [1.82, 2.24) is 0 Å². The van der Waals surface area contributed by atoms with Gasteiger partial charge in [0.1, 0.15) is 0 Å². The lowest BCUT2D eigenvalue weighted by atomic mass is 10.1. The van der Waals surface area contributed by atoms with E-state index < -0.39 is 0 Å². The summed E-state index contributed by atoms with van der Waals surface area (Å²) < 4.78 is 5.38. The van der Waals surface area contributed by atoms with Crippen molar-refractivity contribution in [3.8, 4) is 0 Å². The third-order valence-corrected chi connectivity index (χ3v) is 1.91. The molecule has 0 aromatic rings. The molecule has 2 nitrogen and oxygen atoms in total. The van der Waals surface area contributed by atoms with Gasteiger partial charge in [0, 0.05) is 12.6 Å². The van der Waals surface area contributed by atoms with Crippen LogP contribution < -0.4 is 5.73 Å². The van der Waals surface area contributed by atoms with Crippen LogP contribution in [0, 0.1) is 0 Å². The van der Waals surface area contributed by atoms with E-state index in [-0.39, 0.29) is 6.04 Å². The Kier molecular flexibility index (Phi) is 2.49. The van der Waals surface area contributed by atoms with Crippen LogP contribution in [0.3, 0.4) is 0 Å². The van der Waals surface area contributed by atoms with E-state index in [9.17, 15) is 0 Å². The Hall–Kier alpha value is -0.0800. The molecule has 1 heterocycles. The Balaban J connectivity index is 2.24. The SMILES string of the molecule is CCC(N)[C@H]1CCCO1. The Morgan fingerprint density at radius 1 is 1.78 bits per heavy atom. The highest BCUT2D eigenvalue weighted by atomic mass is 16.5. The molecule has 1 aliphatic heterocycles. The predicted octanol–water partition coefficient (Wildman–Crippen LogP) is 0.903. The maximum absolute atomic E-state index is 5.75. The lowest BCUT2D eigenvalue weighted by Crippen LogP contribution is -2.33. The first kappa shape index (κ1) is 7.03. The quantitative estimate of drug-likeness (QED) is 0.601. The number of hydrogen-bond acceptors (Lipinski definition) is 2. The van der Waals surface area contributed by atoms with Gasteiger partial charge in [-0.15, -0.1) is 0 Å². The van der Waals surface area contributed by atoms with Crippen molar-refractivity contribution in [3.63, 3.8) is 0 Å². The first-order valence-electron chi connectivity index (χ1n) is 3.71. The average molecular weight is 129 g/mol. The van der Waals surface area contributed by atoms with Gasteiger partial charge in [0.2, 0.25) is 0 Å². The zero-order valence-electron chi connectivity index (χ0n) is 5.97. The van der Waals surface area contributed by atoms with Crippen LogP contribution in [0.25, 0.3) is 0 Å². The normalized spacial score (nSPS) is 30.7. The van der Waals surface area contributed by atoms with Gasteiger partial charge in [0.05, 0.1) is 6.10 Å². The van der Waals surface area contributed by atoms with Crippen molar-refractivity contribution >= 4 is 0 Å². The van der Waals surface area contributed by atoms with Crippen molar-refractivity contribution in [2.24, 2.45) is 5.73 Å². The fourth-order valence-corrected chi connectivity index (χ4v) is 1.20. The molecule has 2 N–H and O–H groups in total. The molecular weight excluding hydrogens is 114 g/mol. The third kappa shape index (κ3) is 1.66. The lowest BCUT2D eigenvalue weighted by Gasteiger charge is -2.15. The summed E-state index contributed by atoms with van der Waals surface area (Å²) in [6, 6.07) is 0.271. The van der Waals surface area contributed by atoms with E-state index in [4.69, 9.17) is 10.5 Å². The molecule has 54 valence electrons. The van der Waals surface area contributed by atoms with E-state index in [2.05, 4.69) is 6.92 Å². The summed E-state index contributed by atoms with van der Waals surface area (Å²) >= 11 is 0. The molecule has 0 spiro atoms. The van der Waals surface area contributed by atoms with Crippen LogP contribution in [-0.4, -0.2) is 18.8 Å². The van der Waals surface area contributed by atoms with Crippen LogP contribution in [0.2, 0.25) is 0 Å². The largest absolute Gasteiger partial charge is 0.377 e. The Labute approximate surface area is 56.4 Å². The van der Waals surface area contributed by atoms with Gasteiger partial charge >= 0.3 is 0 Å². The van der Waals surface area contributed by atoms with Crippen LogP contribution in [0.15, 0.2) is 0 Å². The van der Waals surface area contributed by atoms with Crippen LogP contribution in [-0.2, 0) is 4.74 Å². The summed E-state index contributed by atoms with van der Waals surface area (Å²) in [5, 5.41) is 0. The maximum Gasteiger partial charge on any atom is 0.0726 e. The lowest BCUT2D eigenvalue weighted by molar-refractivity contribution is 0.0889. The Morgan fingerprint density at radius 3 is 3.00 bits per heavy atom. The van der Waals surface area contributed by atoms with Gasteiger partial charge in [-0.1, -0.05) is 6.92 Å². The maximum atomic E-state index is 5.75. The highest BCUT2D eigenvalue weighted by Gasteiger charge is 2.20. The summed E-state index contributed by atoms with van der Waals surface area (Å²) in [6.45, 7) is 3.02. The van der Waals surface area contributed by atoms with Gasteiger partial charge in [-0.05, 0) is 19.3 Å². The van der Waals surface area contributed by atoms with E-state index in [0.29, 0.717) is 6.10 Å². The highest BCUT2D eigenvalue weighted by Crippen LogP contribution is 2.15. The number of hydrogen-bond donors (Lipinski definition) is 1. The van der Waals surface area contributed by atoms with Crippen molar-refractivity contribution in [3.05, 3.63) is 0 Å². The molecule has 1 saturated heterocycles. The van der Waals surface area contributed by atoms with E-state index in [1.807, 2.05) is 0 Å². The van der Waals surface area contributed by atoms with E-state index >= 15 is 0 Å². The molecule has 0 amide bonds. The standard InChI is InChI=1S/C7H15NO/c1-2-6(8)7-4-3-5-9-7/h6-7H,2-5,8H2,1H3/t6?,7-/m1/s1. The summed E-state index contributed by atoms with van der Waals surface area (Å²) in [7, 11) is 0. The second-order valence-electron chi connectivity index (χ2n) is 2.62. The van der Waals surface area contributed by atoms with Crippen molar-refractivity contribution < 1.29 is 4.74 Å². The summed E-state index contributed by atoms with van der Waals surface area (Å²) in [4.78, 5) is 0. The molecule has 2 atom stereocenters. The molecule has 9 heavy (non-hydrogen) atoms. The summed E-state index contributed by atoms with van der Waals surface area (Å²) in [5.74, 6) is 0. The van der Waals surface area contributed by atoms with Crippen LogP contribution in [0.4, 0.5) is 0 Å². The molecule has 0 bridgehead atoms. The number of nitrogens with two attached hydrogens (primary N) is 1. The first-order chi connectivity index (χ1) is 4.34. The van der Waals surface area contributed by atoms with Crippen molar-refractivity contribution in [2.75, 3.05) is 6.61 Å². The van der Waals surface area contributed by atoms with Crippen LogP contribution >= 0.6 is 0 Å². The van der Waals surface area contributed by atoms with Gasteiger partial charge in [-0.3, -0.25) is 0 Å². The van der Waals surface area contributed by atoms with Gasteiger partial charge in [0.25, 0.3) is 0 Å². The van der Waals surface area contributed by atoms with Crippen molar-refractivity contribution in [2.45, 2.75) is 38.3 Å². The fraction of sp³-hybridized carbons (Fsp3) is 1.00. The minimum absolute atomic E-state index is 0.271. The smallest absolute Gasteiger partial charge is 0.0726 e. The average Bonchev–Trinajstić information content (AvgIpc) is 2.37. The minimum atomic E-state index is 0.271. The highest BCUT2D eigenvalue weighted by molar-refractivity contribution is 4.75. The molecule has 1 unspecified atom stereocenters. The van der Waals surface area contributed by atoms with Crippen LogP contribution in [0.1, 0.15) is 26.2 Å². The number of ether oxygens (including phenoxy) is 1. The molecular formula is C7H15NO. The van der Waals surface area contributed by atoms with Crippen LogP contribution in [0.5, 0.6) is 0 Å². The zero-order chi connectivity index (χ0) is 6.69. The molecule has 1 fully saturated rings. The number of rotatable bonds is 2. The second-order valence-corrected chi connectivity index (χ2v) is 2.62. The molecule has 0 aliphatic carbocycles. The minimum Gasteiger partial charge on any atom is -0.377 e. The fourth-order valence-electron chi connectivity index (χ4n) is 1.20. The van der Waals surface area contributed by atoms with Gasteiger partial charge in [-0.25, -0.2) is 0 Å². The molecule has 1 aliphatic rings. The molecule has 1 rings (SSSR count). The third-order valence-electron chi connectivity index (χ3n) is 1.91. The summed E-state index contributed by atoms with van der Waals surface area (Å²) in [5.41, 5.74) is 5.75. The predicted molar refractivity (Wildman–Crippen MR) is 37.2 cm³/mol. The molecule has 0 saturated carbocycles. The summed E-state index contributed by atoms with van der Waals surface area (Å²) in [6.07, 6.45) is 3.74. The van der Waals surface area contributed by atoms with Gasteiger partial charge in [0.15, 0.2) is 0 Å². The van der Waals surface area contributed by atoms with E-state index in [1.54, 1.807) is 0 Å². The monoisotopic (exact) mass is 129 g/mol. The van der Waals surface area contributed by atoms with E-state index in [0.717, 1.165) is 19.4 Å². The van der Waals surface area contributed by atoms with E-state index in [1.165, 1.54) is 6.42 Å². The topological polar surface area (TPSA) is 35.2 Å². The second kappa shape index (κ2) is 3.18. The first-order valence-corrected chi connectivity index (χ1v) is 3.71. The zero-order valence-corrected chi connectivity index (χ0v) is 5.97. The van der Waals surface area contributed by atoms with Gasteiger partial charge in [-0.2, -0.15) is 0 Å². The Bertz CT molecular complexity index is 79.0. The molecule has 0 radical (unpaired) electrons. The van der Waals surface area contributed by atoms with Crippen molar-refractivity contribution in [1.29, 1.82) is 0 Å². The molecule has 0 aromatic heterocycles. The van der Waals surface area contributed by atoms with Gasteiger partial charge < -0.3 is 10.5 Å². The molecule has 0 aromatic carbocycles. The molecule has 2 heteroatoms.